The van der Waals surface area contributed by atoms with Crippen LogP contribution in [0.5, 0.6) is 0 Å². The minimum absolute atomic E-state index is 0.0605. The number of nitrogen functional groups attached to an aromatic ring is 1. The second-order valence-corrected chi connectivity index (χ2v) is 10.3. The lowest BCUT2D eigenvalue weighted by Crippen LogP contribution is -2.23. The van der Waals surface area contributed by atoms with Crippen LogP contribution in [0.4, 0.5) is 11.6 Å². The molecule has 1 aliphatic rings. The van der Waals surface area contributed by atoms with E-state index < -0.39 is 10.0 Å². The van der Waals surface area contributed by atoms with Gasteiger partial charge in [0.15, 0.2) is 0 Å². The maximum Gasteiger partial charge on any atom is 0.264 e. The van der Waals surface area contributed by atoms with Crippen LogP contribution >= 0.6 is 22.6 Å². The number of aromatic nitrogens is 3. The SMILES string of the molecule is Nc1nc2ccc(-c3cnc(I)c(S(=O)(=O)Nc4ccccc4)c3)cc2c(=O)n1C1CC1. The van der Waals surface area contributed by atoms with E-state index >= 15 is 0 Å². The highest BCUT2D eigenvalue weighted by Crippen LogP contribution is 2.35. The van der Waals surface area contributed by atoms with Gasteiger partial charge < -0.3 is 5.73 Å². The lowest BCUT2D eigenvalue weighted by Gasteiger charge is -2.12. The summed E-state index contributed by atoms with van der Waals surface area (Å²) in [5, 5.41) is 0.439. The maximum atomic E-state index is 13.0. The average molecular weight is 559 g/mol. The van der Waals surface area contributed by atoms with Gasteiger partial charge in [-0.25, -0.2) is 18.4 Å². The molecule has 4 aromatic rings. The molecule has 0 saturated heterocycles. The topological polar surface area (TPSA) is 120 Å². The summed E-state index contributed by atoms with van der Waals surface area (Å²) in [5.74, 6) is 0.217. The molecule has 0 amide bonds. The van der Waals surface area contributed by atoms with Gasteiger partial charge in [-0.1, -0.05) is 24.3 Å². The van der Waals surface area contributed by atoms with E-state index in [2.05, 4.69) is 14.7 Å². The lowest BCUT2D eigenvalue weighted by molar-refractivity contribution is 0.600. The second-order valence-electron chi connectivity index (χ2n) is 7.59. The number of hydrogen-bond acceptors (Lipinski definition) is 6. The Labute approximate surface area is 197 Å². The first-order valence-electron chi connectivity index (χ1n) is 9.89. The molecule has 32 heavy (non-hydrogen) atoms. The first-order valence-corrected chi connectivity index (χ1v) is 12.5. The van der Waals surface area contributed by atoms with Crippen LogP contribution in [0, 0.1) is 3.70 Å². The van der Waals surface area contributed by atoms with Gasteiger partial charge in [-0.3, -0.25) is 14.1 Å². The highest BCUT2D eigenvalue weighted by atomic mass is 127. The molecule has 1 aliphatic carbocycles. The molecule has 5 rings (SSSR count). The fraction of sp³-hybridized carbons (Fsp3) is 0.136. The summed E-state index contributed by atoms with van der Waals surface area (Å²) in [6, 6.07) is 15.5. The highest BCUT2D eigenvalue weighted by Gasteiger charge is 2.28. The summed E-state index contributed by atoms with van der Waals surface area (Å²) in [4.78, 5) is 21.7. The van der Waals surface area contributed by atoms with Crippen molar-refractivity contribution in [3.8, 4) is 11.1 Å². The van der Waals surface area contributed by atoms with E-state index in [0.29, 0.717) is 31.4 Å². The zero-order valence-electron chi connectivity index (χ0n) is 16.7. The van der Waals surface area contributed by atoms with Crippen LogP contribution in [0.2, 0.25) is 0 Å². The van der Waals surface area contributed by atoms with Crippen molar-refractivity contribution < 1.29 is 8.42 Å². The summed E-state index contributed by atoms with van der Waals surface area (Å²) >= 11 is 1.90. The number of nitrogens with two attached hydrogens (primary N) is 1. The van der Waals surface area contributed by atoms with Gasteiger partial charge in [0.1, 0.15) is 8.60 Å². The summed E-state index contributed by atoms with van der Waals surface area (Å²) in [6.45, 7) is 0. The second kappa shape index (κ2) is 7.85. The Kier molecular flexibility index (Phi) is 5.13. The average Bonchev–Trinajstić information content (AvgIpc) is 3.59. The van der Waals surface area contributed by atoms with Gasteiger partial charge in [0.25, 0.3) is 15.6 Å². The minimum Gasteiger partial charge on any atom is -0.369 e. The van der Waals surface area contributed by atoms with E-state index in [9.17, 15) is 13.2 Å². The van der Waals surface area contributed by atoms with E-state index in [1.54, 1.807) is 54.7 Å². The van der Waals surface area contributed by atoms with Crippen LogP contribution in [0.3, 0.4) is 0 Å². The van der Waals surface area contributed by atoms with Crippen LogP contribution < -0.4 is 16.0 Å². The van der Waals surface area contributed by atoms with Crippen molar-refractivity contribution in [1.29, 1.82) is 0 Å². The summed E-state index contributed by atoms with van der Waals surface area (Å²) in [6.07, 6.45) is 3.41. The molecule has 3 N–H and O–H groups in total. The molecule has 2 heterocycles. The monoisotopic (exact) mass is 559 g/mol. The normalized spacial score (nSPS) is 13.9. The molecule has 8 nitrogen and oxygen atoms in total. The standard InChI is InChI=1S/C22H18IN5O3S/c23-20-19(32(30,31)27-15-4-2-1-3-5-15)11-14(12-25-20)13-6-9-18-17(10-13)21(29)28(16-7-8-16)22(24)26-18/h1-6,9-12,16,27H,7-8H2,(H2,24,26). The molecule has 10 heteroatoms. The zero-order valence-corrected chi connectivity index (χ0v) is 19.7. The number of pyridine rings is 1. The first kappa shape index (κ1) is 20.9. The zero-order chi connectivity index (χ0) is 22.5. The third-order valence-electron chi connectivity index (χ3n) is 5.30. The molecule has 162 valence electrons. The van der Waals surface area contributed by atoms with Gasteiger partial charge in [0.2, 0.25) is 5.95 Å². The Bertz CT molecular complexity index is 1520. The molecule has 1 fully saturated rings. The number of halogens is 1. The third-order valence-corrected chi connectivity index (χ3v) is 7.92. The molecule has 0 aliphatic heterocycles. The summed E-state index contributed by atoms with van der Waals surface area (Å²) in [7, 11) is -3.86. The largest absolute Gasteiger partial charge is 0.369 e. The quantitative estimate of drug-likeness (QED) is 0.284. The lowest BCUT2D eigenvalue weighted by atomic mass is 10.1. The van der Waals surface area contributed by atoms with Gasteiger partial charge in [-0.15, -0.1) is 0 Å². The Morgan fingerprint density at radius 3 is 2.53 bits per heavy atom. The van der Waals surface area contributed by atoms with Crippen molar-refractivity contribution in [1.82, 2.24) is 14.5 Å². The van der Waals surface area contributed by atoms with E-state index in [1.165, 1.54) is 4.57 Å². The van der Waals surface area contributed by atoms with Crippen molar-refractivity contribution in [2.24, 2.45) is 0 Å². The van der Waals surface area contributed by atoms with Crippen LogP contribution in [-0.4, -0.2) is 23.0 Å². The number of nitrogens with zero attached hydrogens (tertiary/aromatic N) is 3. The van der Waals surface area contributed by atoms with Crippen LogP contribution in [0.15, 0.2) is 70.5 Å². The molecule has 0 radical (unpaired) electrons. The predicted octanol–water partition coefficient (Wildman–Crippen LogP) is 3.78. The molecule has 2 aromatic carbocycles. The van der Waals surface area contributed by atoms with E-state index in [-0.39, 0.29) is 22.4 Å². The fourth-order valence-corrected chi connectivity index (χ4v) is 5.85. The Morgan fingerprint density at radius 2 is 1.81 bits per heavy atom. The molecular weight excluding hydrogens is 541 g/mol. The van der Waals surface area contributed by atoms with Gasteiger partial charge in [-0.2, -0.15) is 0 Å². The van der Waals surface area contributed by atoms with Crippen LogP contribution in [0.25, 0.3) is 22.0 Å². The van der Waals surface area contributed by atoms with Gasteiger partial charge in [-0.05, 0) is 71.3 Å². The number of rotatable bonds is 5. The molecule has 0 spiro atoms. The number of anilines is 2. The van der Waals surface area contributed by atoms with E-state index in [4.69, 9.17) is 5.73 Å². The smallest absolute Gasteiger partial charge is 0.264 e. The molecule has 0 unspecified atom stereocenters. The number of nitrogens with one attached hydrogen (secondary N) is 1. The number of para-hydroxylation sites is 1. The van der Waals surface area contributed by atoms with Crippen molar-refractivity contribution in [2.45, 2.75) is 23.8 Å². The first-order chi connectivity index (χ1) is 15.3. The van der Waals surface area contributed by atoms with Gasteiger partial charge in [0, 0.05) is 23.5 Å². The van der Waals surface area contributed by atoms with Gasteiger partial charge >= 0.3 is 0 Å². The fourth-order valence-electron chi connectivity index (χ4n) is 3.57. The molecule has 2 aromatic heterocycles. The molecule has 0 atom stereocenters. The van der Waals surface area contributed by atoms with Crippen molar-refractivity contribution >= 4 is 55.2 Å². The van der Waals surface area contributed by atoms with Crippen molar-refractivity contribution in [3.63, 3.8) is 0 Å². The molecule has 1 saturated carbocycles. The van der Waals surface area contributed by atoms with E-state index in [1.807, 2.05) is 28.7 Å². The Hall–Kier alpha value is -2.99. The number of benzene rings is 2. The molecular formula is C22H18IN5O3S. The summed E-state index contributed by atoms with van der Waals surface area (Å²) in [5.41, 5.74) is 8.02. The van der Waals surface area contributed by atoms with Crippen molar-refractivity contribution in [2.75, 3.05) is 10.5 Å². The van der Waals surface area contributed by atoms with E-state index in [0.717, 1.165) is 12.8 Å². The Balaban J connectivity index is 1.59. The minimum atomic E-state index is -3.86. The summed E-state index contributed by atoms with van der Waals surface area (Å²) < 4.78 is 30.5. The number of sulfonamides is 1. The Morgan fingerprint density at radius 1 is 1.06 bits per heavy atom. The highest BCUT2D eigenvalue weighted by molar-refractivity contribution is 14.1. The van der Waals surface area contributed by atoms with Crippen molar-refractivity contribution in [3.05, 3.63) is 74.8 Å². The van der Waals surface area contributed by atoms with Crippen LogP contribution in [0.1, 0.15) is 18.9 Å². The van der Waals surface area contributed by atoms with Crippen LogP contribution in [-0.2, 0) is 10.0 Å². The third kappa shape index (κ3) is 3.84. The van der Waals surface area contributed by atoms with Gasteiger partial charge in [0.05, 0.1) is 10.9 Å². The number of fused-ring (bicyclic) bond motifs is 1. The predicted molar refractivity (Wildman–Crippen MR) is 132 cm³/mol. The molecule has 0 bridgehead atoms. The number of hydrogen-bond donors (Lipinski definition) is 2. The maximum absolute atomic E-state index is 13.0.